The first-order valence-corrected chi connectivity index (χ1v) is 5.77. The second-order valence-corrected chi connectivity index (χ2v) is 4.06. The third-order valence-electron chi connectivity index (χ3n) is 2.64. The second kappa shape index (κ2) is 7.15. The third kappa shape index (κ3) is 4.14. The number of rotatable bonds is 8. The third-order valence-corrected chi connectivity index (χ3v) is 2.64. The van der Waals surface area contributed by atoms with Crippen molar-refractivity contribution < 1.29 is 24.2 Å². The molecule has 2 unspecified atom stereocenters. The van der Waals surface area contributed by atoms with Gasteiger partial charge in [0.25, 0.3) is 0 Å². The highest BCUT2D eigenvalue weighted by Crippen LogP contribution is 2.17. The van der Waals surface area contributed by atoms with Crippen LogP contribution in [-0.4, -0.2) is 42.5 Å². The first kappa shape index (κ1) is 14.7. The lowest BCUT2D eigenvalue weighted by molar-refractivity contribution is 0.0659. The van der Waals surface area contributed by atoms with Gasteiger partial charge in [0.15, 0.2) is 0 Å². The molecule has 0 saturated heterocycles. The van der Waals surface area contributed by atoms with Crippen LogP contribution < -0.4 is 5.32 Å². The number of aliphatic hydroxyl groups excluding tert-OH is 1. The summed E-state index contributed by atoms with van der Waals surface area (Å²) in [6.45, 7) is 2.38. The molecule has 0 fully saturated rings. The molecule has 2 atom stereocenters. The topological polar surface area (TPSA) is 91.9 Å². The molecule has 0 aliphatic rings. The van der Waals surface area contributed by atoms with Gasteiger partial charge in [-0.1, -0.05) is 0 Å². The maximum absolute atomic E-state index is 10.7. The number of hydrogen-bond acceptors (Lipinski definition) is 5. The lowest BCUT2D eigenvalue weighted by Crippen LogP contribution is -2.35. The first-order chi connectivity index (χ1) is 8.58. The zero-order chi connectivity index (χ0) is 13.5. The number of aliphatic hydroxyl groups is 1. The smallest absolute Gasteiger partial charge is 0.371 e. The van der Waals surface area contributed by atoms with E-state index in [-0.39, 0.29) is 24.5 Å². The van der Waals surface area contributed by atoms with Gasteiger partial charge in [-0.15, -0.1) is 0 Å². The van der Waals surface area contributed by atoms with Crippen molar-refractivity contribution in [1.29, 1.82) is 0 Å². The molecule has 6 nitrogen and oxygen atoms in total. The zero-order valence-electron chi connectivity index (χ0n) is 10.5. The molecule has 18 heavy (non-hydrogen) atoms. The van der Waals surface area contributed by atoms with Gasteiger partial charge in [-0.25, -0.2) is 4.79 Å². The van der Waals surface area contributed by atoms with Crippen molar-refractivity contribution >= 4 is 5.97 Å². The Labute approximate surface area is 106 Å². The van der Waals surface area contributed by atoms with Crippen LogP contribution in [0.5, 0.6) is 0 Å². The molecule has 3 N–H and O–H groups in total. The van der Waals surface area contributed by atoms with Crippen molar-refractivity contribution in [3.05, 3.63) is 23.7 Å². The lowest BCUT2D eigenvalue weighted by Gasteiger charge is -2.20. The molecule has 0 aliphatic heterocycles. The van der Waals surface area contributed by atoms with E-state index in [0.717, 1.165) is 0 Å². The van der Waals surface area contributed by atoms with Crippen LogP contribution >= 0.6 is 0 Å². The van der Waals surface area contributed by atoms with Gasteiger partial charge >= 0.3 is 5.97 Å². The van der Waals surface area contributed by atoms with Crippen molar-refractivity contribution in [2.24, 2.45) is 0 Å². The van der Waals surface area contributed by atoms with E-state index in [2.05, 4.69) is 5.32 Å². The molecule has 1 aromatic heterocycles. The van der Waals surface area contributed by atoms with Gasteiger partial charge in [-0.3, -0.25) is 0 Å². The Balaban J connectivity index is 2.56. The highest BCUT2D eigenvalue weighted by molar-refractivity contribution is 5.84. The fourth-order valence-corrected chi connectivity index (χ4v) is 1.62. The van der Waals surface area contributed by atoms with Gasteiger partial charge in [-0.05, 0) is 25.5 Å². The van der Waals surface area contributed by atoms with Crippen LogP contribution in [0.4, 0.5) is 0 Å². The molecular formula is C12H19NO5. The van der Waals surface area contributed by atoms with E-state index in [4.69, 9.17) is 14.3 Å². The van der Waals surface area contributed by atoms with Crippen LogP contribution in [0.2, 0.25) is 0 Å². The number of nitrogens with one attached hydrogen (secondary N) is 1. The minimum absolute atomic E-state index is 0.0137. The van der Waals surface area contributed by atoms with E-state index in [1.165, 1.54) is 6.07 Å². The van der Waals surface area contributed by atoms with Crippen LogP contribution in [-0.2, 0) is 4.74 Å². The summed E-state index contributed by atoms with van der Waals surface area (Å²) in [5.74, 6) is -0.647. The van der Waals surface area contributed by atoms with E-state index < -0.39 is 5.97 Å². The maximum Gasteiger partial charge on any atom is 0.371 e. The molecule has 102 valence electrons. The largest absolute Gasteiger partial charge is 0.475 e. The Morgan fingerprint density at radius 2 is 2.28 bits per heavy atom. The molecule has 1 heterocycles. The SMILES string of the molecule is COCCC(CO)NC(C)c1ccc(C(=O)O)o1. The predicted octanol–water partition coefficient (Wildman–Crippen LogP) is 1.03. The minimum Gasteiger partial charge on any atom is -0.475 e. The van der Waals surface area contributed by atoms with E-state index in [0.29, 0.717) is 18.8 Å². The molecule has 0 aromatic carbocycles. The average Bonchev–Trinajstić information content (AvgIpc) is 2.83. The summed E-state index contributed by atoms with van der Waals surface area (Å²) in [5, 5.41) is 21.1. The highest BCUT2D eigenvalue weighted by Gasteiger charge is 2.17. The Bertz CT molecular complexity index is 376. The number of hydrogen-bond donors (Lipinski definition) is 3. The average molecular weight is 257 g/mol. The molecule has 0 radical (unpaired) electrons. The zero-order valence-corrected chi connectivity index (χ0v) is 10.5. The van der Waals surface area contributed by atoms with Crippen LogP contribution in [0.25, 0.3) is 0 Å². The Morgan fingerprint density at radius 3 is 2.78 bits per heavy atom. The van der Waals surface area contributed by atoms with Crippen LogP contribution in [0, 0.1) is 0 Å². The van der Waals surface area contributed by atoms with Crippen LogP contribution in [0.1, 0.15) is 35.7 Å². The predicted molar refractivity (Wildman–Crippen MR) is 64.6 cm³/mol. The molecule has 0 aliphatic carbocycles. The summed E-state index contributed by atoms with van der Waals surface area (Å²) in [7, 11) is 1.60. The van der Waals surface area contributed by atoms with E-state index in [1.807, 2.05) is 6.92 Å². The lowest BCUT2D eigenvalue weighted by atomic mass is 10.1. The summed E-state index contributed by atoms with van der Waals surface area (Å²) in [5.41, 5.74) is 0. The summed E-state index contributed by atoms with van der Waals surface area (Å²) in [6.07, 6.45) is 0.670. The fraction of sp³-hybridized carbons (Fsp3) is 0.583. The number of aromatic carboxylic acids is 1. The number of ether oxygens (including phenoxy) is 1. The summed E-state index contributed by atoms with van der Waals surface area (Å²) >= 11 is 0. The van der Waals surface area contributed by atoms with Gasteiger partial charge in [0.2, 0.25) is 5.76 Å². The van der Waals surface area contributed by atoms with Gasteiger partial charge in [0.05, 0.1) is 12.6 Å². The molecule has 1 rings (SSSR count). The van der Waals surface area contributed by atoms with Gasteiger partial charge < -0.3 is 24.7 Å². The van der Waals surface area contributed by atoms with Gasteiger partial charge in [0.1, 0.15) is 5.76 Å². The van der Waals surface area contributed by atoms with Crippen molar-refractivity contribution in [3.8, 4) is 0 Å². The summed E-state index contributed by atoms with van der Waals surface area (Å²) in [4.78, 5) is 10.7. The quantitative estimate of drug-likeness (QED) is 0.644. The van der Waals surface area contributed by atoms with Crippen molar-refractivity contribution in [1.82, 2.24) is 5.32 Å². The monoisotopic (exact) mass is 257 g/mol. The van der Waals surface area contributed by atoms with Crippen molar-refractivity contribution in [2.45, 2.75) is 25.4 Å². The van der Waals surface area contributed by atoms with Crippen molar-refractivity contribution in [3.63, 3.8) is 0 Å². The van der Waals surface area contributed by atoms with Crippen LogP contribution in [0.15, 0.2) is 16.5 Å². The van der Waals surface area contributed by atoms with E-state index in [9.17, 15) is 9.90 Å². The van der Waals surface area contributed by atoms with E-state index in [1.54, 1.807) is 13.2 Å². The highest BCUT2D eigenvalue weighted by atomic mass is 16.5. The Hall–Kier alpha value is -1.37. The molecule has 0 saturated carbocycles. The van der Waals surface area contributed by atoms with Gasteiger partial charge in [0, 0.05) is 19.8 Å². The molecular weight excluding hydrogens is 238 g/mol. The molecule has 0 spiro atoms. The summed E-state index contributed by atoms with van der Waals surface area (Å²) in [6, 6.07) is 2.75. The minimum atomic E-state index is -1.09. The second-order valence-electron chi connectivity index (χ2n) is 4.06. The van der Waals surface area contributed by atoms with Crippen LogP contribution in [0.3, 0.4) is 0 Å². The standard InChI is InChI=1S/C12H19NO5/c1-8(13-9(7-14)5-6-17-2)10-3-4-11(18-10)12(15)16/h3-4,8-9,13-14H,5-7H2,1-2H3,(H,15,16). The molecule has 6 heteroatoms. The summed E-state index contributed by atoms with van der Waals surface area (Å²) < 4.78 is 10.1. The van der Waals surface area contributed by atoms with Gasteiger partial charge in [-0.2, -0.15) is 0 Å². The number of carboxylic acids is 1. The molecule has 0 bridgehead atoms. The number of carboxylic acid groups (broad SMARTS) is 1. The number of carbonyl (C=O) groups is 1. The molecule has 1 aromatic rings. The number of methoxy groups -OCH3 is 1. The fourth-order valence-electron chi connectivity index (χ4n) is 1.62. The normalized spacial score (nSPS) is 14.4. The Morgan fingerprint density at radius 1 is 1.56 bits per heavy atom. The Kier molecular flexibility index (Phi) is 5.84. The molecule has 0 amide bonds. The number of furan rings is 1. The van der Waals surface area contributed by atoms with Crippen molar-refractivity contribution in [2.75, 3.05) is 20.3 Å². The maximum atomic E-state index is 10.7. The first-order valence-electron chi connectivity index (χ1n) is 5.77. The van der Waals surface area contributed by atoms with E-state index >= 15 is 0 Å².